The molecule has 61 heavy (non-hydrogen) atoms. The lowest BCUT2D eigenvalue weighted by Gasteiger charge is -2.47. The number of Topliss-reactive ketones (excluding diaryl/α,β-unsaturated/α-hetero) is 2. The van der Waals surface area contributed by atoms with Crippen LogP contribution in [0.1, 0.15) is 125 Å². The zero-order valence-corrected chi connectivity index (χ0v) is 38.7. The van der Waals surface area contributed by atoms with Crippen LogP contribution in [0.5, 0.6) is 0 Å². The number of esters is 1. The van der Waals surface area contributed by atoms with Crippen LogP contribution in [0.15, 0.2) is 28.3 Å². The summed E-state index contributed by atoms with van der Waals surface area (Å²) in [6.07, 6.45) is 9.47. The third-order valence-electron chi connectivity index (χ3n) is 14.4. The largest absolute Gasteiger partial charge is 0.456 e. The Kier molecular flexibility index (Phi) is 17.2. The molecule has 0 radical (unpaired) electrons. The Hall–Kier alpha value is -3.17. The van der Waals surface area contributed by atoms with Crippen LogP contribution in [-0.4, -0.2) is 140 Å². The third-order valence-corrected chi connectivity index (χ3v) is 14.4. The molecule has 0 aromatic rings. The van der Waals surface area contributed by atoms with Gasteiger partial charge in [0.1, 0.15) is 24.0 Å². The molecule has 2 bridgehead atoms. The highest BCUT2D eigenvalue weighted by Crippen LogP contribution is 2.41. The predicted octanol–water partition coefficient (Wildman–Crippen LogP) is 5.54. The number of cyclic esters (lactones) is 1. The SMILES string of the molecule is CCC1/C=C(\C)CC(C)CC(OC)C2OC(O)(C(=O)C(=O)N3CCCCC3C(=O)OC(C(C)=CC3(N(C)C4=NCCN4)CCCC(OC)C3)C(C)CCC1=O)C(C)CC2OC. The lowest BCUT2D eigenvalue weighted by molar-refractivity contribution is -0.302. The van der Waals surface area contributed by atoms with E-state index in [1.54, 1.807) is 28.3 Å². The van der Waals surface area contributed by atoms with Gasteiger partial charge >= 0.3 is 5.97 Å². The van der Waals surface area contributed by atoms with Crippen molar-refractivity contribution in [2.45, 2.75) is 173 Å². The van der Waals surface area contributed by atoms with Gasteiger partial charge in [0.25, 0.3) is 11.7 Å². The van der Waals surface area contributed by atoms with E-state index < -0.39 is 65.4 Å². The highest BCUT2D eigenvalue weighted by Gasteiger charge is 2.56. The number of nitrogens with one attached hydrogen (secondary N) is 1. The Morgan fingerprint density at radius 2 is 1.75 bits per heavy atom. The molecule has 1 aliphatic carbocycles. The van der Waals surface area contributed by atoms with Crippen LogP contribution in [0.2, 0.25) is 0 Å². The van der Waals surface area contributed by atoms with Crippen LogP contribution in [-0.2, 0) is 42.9 Å². The molecule has 4 heterocycles. The van der Waals surface area contributed by atoms with Gasteiger partial charge in [0.05, 0.1) is 30.4 Å². The van der Waals surface area contributed by atoms with E-state index in [4.69, 9.17) is 28.7 Å². The van der Waals surface area contributed by atoms with Crippen LogP contribution < -0.4 is 5.32 Å². The number of guanidine groups is 1. The molecule has 0 aromatic carbocycles. The van der Waals surface area contributed by atoms with E-state index in [1.165, 1.54) is 4.90 Å². The lowest BCUT2D eigenvalue weighted by atomic mass is 9.76. The van der Waals surface area contributed by atoms with Crippen molar-refractivity contribution in [2.75, 3.05) is 48.0 Å². The first kappa shape index (κ1) is 48.9. The highest BCUT2D eigenvalue weighted by atomic mass is 16.7. The van der Waals surface area contributed by atoms with Crippen LogP contribution >= 0.6 is 0 Å². The molecule has 5 rings (SSSR count). The van der Waals surface area contributed by atoms with Gasteiger partial charge in [-0.05, 0) is 102 Å². The van der Waals surface area contributed by atoms with Crippen molar-refractivity contribution in [1.82, 2.24) is 15.1 Å². The number of ketones is 2. The predicted molar refractivity (Wildman–Crippen MR) is 233 cm³/mol. The first-order valence-electron chi connectivity index (χ1n) is 23.0. The van der Waals surface area contributed by atoms with Gasteiger partial charge in [-0.15, -0.1) is 0 Å². The maximum Gasteiger partial charge on any atom is 0.329 e. The molecule has 2 N–H and O–H groups in total. The first-order valence-corrected chi connectivity index (χ1v) is 23.0. The summed E-state index contributed by atoms with van der Waals surface area (Å²) < 4.78 is 30.6. The number of carbonyl (C=O) groups excluding carboxylic acids is 4. The van der Waals surface area contributed by atoms with Crippen molar-refractivity contribution < 1.29 is 48.0 Å². The number of fused-ring (bicyclic) bond motifs is 3. The fraction of sp³-hybridized carbons (Fsp3) is 0.809. The van der Waals surface area contributed by atoms with E-state index in [-0.39, 0.29) is 42.6 Å². The fourth-order valence-corrected chi connectivity index (χ4v) is 10.7. The molecule has 0 spiro atoms. The summed E-state index contributed by atoms with van der Waals surface area (Å²) >= 11 is 0. The maximum absolute atomic E-state index is 14.6. The number of nitrogens with zero attached hydrogens (tertiary/aromatic N) is 3. The average molecular weight is 857 g/mol. The number of likely N-dealkylation sites (N-methyl/N-ethyl adjacent to an activating group) is 1. The summed E-state index contributed by atoms with van der Waals surface area (Å²) in [6.45, 7) is 13.4. The molecule has 12 atom stereocenters. The van der Waals surface area contributed by atoms with Crippen molar-refractivity contribution in [3.05, 3.63) is 23.3 Å². The number of carbonyl (C=O) groups is 4. The minimum Gasteiger partial charge on any atom is -0.456 e. The van der Waals surface area contributed by atoms with Crippen LogP contribution in [0.25, 0.3) is 0 Å². The van der Waals surface area contributed by atoms with Crippen LogP contribution in [0.4, 0.5) is 0 Å². The number of allylic oxidation sites excluding steroid dienone is 2. The van der Waals surface area contributed by atoms with E-state index in [9.17, 15) is 24.3 Å². The number of methoxy groups -OCH3 is 3. The topological polar surface area (TPSA) is 166 Å². The smallest absolute Gasteiger partial charge is 0.329 e. The normalized spacial score (nSPS) is 38.9. The number of aliphatic hydroxyl groups is 1. The molecule has 14 nitrogen and oxygen atoms in total. The van der Waals surface area contributed by atoms with Gasteiger partial charge in [0, 0.05) is 66.1 Å². The minimum atomic E-state index is -2.47. The van der Waals surface area contributed by atoms with E-state index >= 15 is 0 Å². The molecule has 4 aliphatic heterocycles. The van der Waals surface area contributed by atoms with Gasteiger partial charge in [-0.2, -0.15) is 0 Å². The van der Waals surface area contributed by atoms with Gasteiger partial charge in [0.2, 0.25) is 5.79 Å². The Labute approximate surface area is 364 Å². The Balaban J connectivity index is 1.56. The number of piperidine rings is 1. The Bertz CT molecular complexity index is 1650. The van der Waals surface area contributed by atoms with Gasteiger partial charge in [0.15, 0.2) is 5.96 Å². The molecule has 12 unspecified atom stereocenters. The standard InChI is InChI=1S/C47H76N4O10/c1-11-34-24-29(2)23-30(3)25-38(58-9)41-39(59-10)26-33(6)47(56,61-41)42(53)43(54)51-22-13-12-16-36(51)44(55)60-40(31(4)17-18-37(34)52)32(5)27-46(19-14-15-35(28-46)57-8)50(7)45-48-20-21-49-45/h24,27,30-31,33-36,38-41,56H,11-23,25-26,28H2,1-10H3,(H,48,49)/b29-24+,32-27?. The van der Waals surface area contributed by atoms with Crippen molar-refractivity contribution in [2.24, 2.45) is 28.7 Å². The van der Waals surface area contributed by atoms with Crippen molar-refractivity contribution in [3.63, 3.8) is 0 Å². The summed E-state index contributed by atoms with van der Waals surface area (Å²) in [5, 5.41) is 15.6. The molecule has 0 aromatic heterocycles. The summed E-state index contributed by atoms with van der Waals surface area (Å²) in [7, 11) is 6.91. The number of aliphatic imine (C=N–C) groups is 1. The molecule has 2 saturated heterocycles. The molecule has 3 fully saturated rings. The van der Waals surface area contributed by atoms with Gasteiger partial charge in [-0.25, -0.2) is 4.79 Å². The molecule has 1 saturated carbocycles. The lowest BCUT2D eigenvalue weighted by Crippen LogP contribution is -2.64. The second-order valence-corrected chi connectivity index (χ2v) is 18.9. The number of ether oxygens (including phenoxy) is 5. The monoisotopic (exact) mass is 857 g/mol. The van der Waals surface area contributed by atoms with Gasteiger partial charge in [-0.1, -0.05) is 45.4 Å². The molecule has 14 heteroatoms. The second-order valence-electron chi connectivity index (χ2n) is 18.9. The Morgan fingerprint density at radius 1 is 1.03 bits per heavy atom. The van der Waals surface area contributed by atoms with E-state index in [0.29, 0.717) is 64.3 Å². The number of hydrogen-bond donors (Lipinski definition) is 2. The molecule has 5 aliphatic rings. The van der Waals surface area contributed by atoms with Crippen LogP contribution in [0, 0.1) is 23.7 Å². The second kappa shape index (κ2) is 21.5. The third kappa shape index (κ3) is 11.1. The molecule has 1 amide bonds. The van der Waals surface area contributed by atoms with Crippen LogP contribution in [0.3, 0.4) is 0 Å². The molecular formula is C47H76N4O10. The zero-order chi connectivity index (χ0) is 44.6. The molecular weight excluding hydrogens is 781 g/mol. The summed E-state index contributed by atoms with van der Waals surface area (Å²) in [5.74, 6) is -5.48. The highest BCUT2D eigenvalue weighted by molar-refractivity contribution is 6.39. The zero-order valence-electron chi connectivity index (χ0n) is 38.7. The first-order chi connectivity index (χ1) is 29.0. The van der Waals surface area contributed by atoms with Crippen molar-refractivity contribution in [3.8, 4) is 0 Å². The van der Waals surface area contributed by atoms with Crippen molar-refractivity contribution in [1.29, 1.82) is 0 Å². The number of amides is 1. The minimum absolute atomic E-state index is 0.0227. The number of rotatable bonds is 7. The average Bonchev–Trinajstić information content (AvgIpc) is 3.80. The van der Waals surface area contributed by atoms with E-state index in [1.807, 2.05) is 34.7 Å². The summed E-state index contributed by atoms with van der Waals surface area (Å²) in [6, 6.07) is -1.06. The molecule has 344 valence electrons. The van der Waals surface area contributed by atoms with E-state index in [0.717, 1.165) is 42.9 Å². The quantitative estimate of drug-likeness (QED) is 0.187. The maximum atomic E-state index is 14.6. The summed E-state index contributed by atoms with van der Waals surface area (Å²) in [4.78, 5) is 65.6. The Morgan fingerprint density at radius 3 is 2.41 bits per heavy atom. The fourth-order valence-electron chi connectivity index (χ4n) is 10.7. The van der Waals surface area contributed by atoms with E-state index in [2.05, 4.69) is 29.3 Å². The van der Waals surface area contributed by atoms with Crippen molar-refractivity contribution >= 4 is 29.4 Å². The van der Waals surface area contributed by atoms with Gasteiger partial charge in [-0.3, -0.25) is 19.4 Å². The number of hydrogen-bond acceptors (Lipinski definition) is 13. The summed E-state index contributed by atoms with van der Waals surface area (Å²) in [5.41, 5.74) is 1.42. The van der Waals surface area contributed by atoms with Gasteiger partial charge < -0.3 is 43.9 Å².